The summed E-state index contributed by atoms with van der Waals surface area (Å²) in [6.07, 6.45) is 7.42. The molecule has 1 aliphatic rings. The number of aromatic nitrogens is 2. The Morgan fingerprint density at radius 1 is 1.53 bits per heavy atom. The standard InChI is InChI=1S/C12H18BrN3O/c1-16-10(5-8-14-16)11(17)15-12(9-13)6-3-2-4-7-12/h5,8H,2-4,6-7,9H2,1H3,(H,15,17). The van der Waals surface area contributed by atoms with Crippen LogP contribution in [0.3, 0.4) is 0 Å². The molecule has 17 heavy (non-hydrogen) atoms. The predicted octanol–water partition coefficient (Wildman–Crippen LogP) is 2.25. The first-order chi connectivity index (χ1) is 8.17. The minimum Gasteiger partial charge on any atom is -0.344 e. The largest absolute Gasteiger partial charge is 0.344 e. The van der Waals surface area contributed by atoms with Gasteiger partial charge in [0.2, 0.25) is 0 Å². The van der Waals surface area contributed by atoms with Crippen LogP contribution in [0.5, 0.6) is 0 Å². The lowest BCUT2D eigenvalue weighted by molar-refractivity contribution is 0.0876. The lowest BCUT2D eigenvalue weighted by atomic mass is 9.83. The SMILES string of the molecule is Cn1nccc1C(=O)NC1(CBr)CCCCC1. The van der Waals surface area contributed by atoms with E-state index in [1.165, 1.54) is 19.3 Å². The highest BCUT2D eigenvalue weighted by Gasteiger charge is 2.33. The first-order valence-corrected chi connectivity index (χ1v) is 7.15. The van der Waals surface area contributed by atoms with E-state index in [9.17, 15) is 4.79 Å². The summed E-state index contributed by atoms with van der Waals surface area (Å²) in [5.41, 5.74) is 0.551. The van der Waals surface area contributed by atoms with Crippen molar-refractivity contribution in [2.24, 2.45) is 7.05 Å². The third-order valence-corrected chi connectivity index (χ3v) is 4.57. The monoisotopic (exact) mass is 299 g/mol. The van der Waals surface area contributed by atoms with Crippen LogP contribution in [0.1, 0.15) is 42.6 Å². The lowest BCUT2D eigenvalue weighted by Gasteiger charge is -2.36. The summed E-state index contributed by atoms with van der Waals surface area (Å²) >= 11 is 3.54. The molecule has 94 valence electrons. The van der Waals surface area contributed by atoms with Crippen LogP contribution in [-0.4, -0.2) is 26.6 Å². The van der Waals surface area contributed by atoms with E-state index in [0.29, 0.717) is 5.69 Å². The van der Waals surface area contributed by atoms with Crippen molar-refractivity contribution in [3.8, 4) is 0 Å². The van der Waals surface area contributed by atoms with Crippen molar-refractivity contribution in [1.82, 2.24) is 15.1 Å². The summed E-state index contributed by atoms with van der Waals surface area (Å²) in [7, 11) is 1.79. The molecule has 2 rings (SSSR count). The maximum atomic E-state index is 12.2. The Hall–Kier alpha value is -0.840. The fraction of sp³-hybridized carbons (Fsp3) is 0.667. The molecule has 0 atom stereocenters. The van der Waals surface area contributed by atoms with E-state index in [1.807, 2.05) is 0 Å². The fourth-order valence-corrected chi connectivity index (χ4v) is 3.12. The van der Waals surface area contributed by atoms with E-state index < -0.39 is 0 Å². The quantitative estimate of drug-likeness (QED) is 0.870. The number of alkyl halides is 1. The maximum Gasteiger partial charge on any atom is 0.269 e. The zero-order chi connectivity index (χ0) is 12.3. The van der Waals surface area contributed by atoms with Crippen molar-refractivity contribution < 1.29 is 4.79 Å². The van der Waals surface area contributed by atoms with E-state index in [1.54, 1.807) is 24.0 Å². The lowest BCUT2D eigenvalue weighted by Crippen LogP contribution is -2.51. The molecule has 0 spiro atoms. The van der Waals surface area contributed by atoms with E-state index in [2.05, 4.69) is 26.3 Å². The average Bonchev–Trinajstić information content (AvgIpc) is 2.77. The van der Waals surface area contributed by atoms with Gasteiger partial charge in [-0.25, -0.2) is 0 Å². The Morgan fingerprint density at radius 3 is 2.76 bits per heavy atom. The number of carbonyl (C=O) groups excluding carboxylic acids is 1. The van der Waals surface area contributed by atoms with Crippen LogP contribution < -0.4 is 5.32 Å². The molecule has 0 aromatic carbocycles. The number of carbonyl (C=O) groups is 1. The van der Waals surface area contributed by atoms with Crippen molar-refractivity contribution in [2.45, 2.75) is 37.6 Å². The van der Waals surface area contributed by atoms with E-state index >= 15 is 0 Å². The zero-order valence-corrected chi connectivity index (χ0v) is 11.7. The van der Waals surface area contributed by atoms with Gasteiger partial charge in [0.25, 0.3) is 5.91 Å². The fourth-order valence-electron chi connectivity index (χ4n) is 2.42. The number of aryl methyl sites for hydroxylation is 1. The summed E-state index contributed by atoms with van der Waals surface area (Å²) in [4.78, 5) is 12.2. The maximum absolute atomic E-state index is 12.2. The van der Waals surface area contributed by atoms with Crippen LogP contribution in [0.25, 0.3) is 0 Å². The van der Waals surface area contributed by atoms with Gasteiger partial charge in [0.1, 0.15) is 5.69 Å². The molecule has 0 bridgehead atoms. The molecule has 1 fully saturated rings. The first kappa shape index (κ1) is 12.6. The number of nitrogens with one attached hydrogen (secondary N) is 1. The van der Waals surface area contributed by atoms with Gasteiger partial charge in [-0.1, -0.05) is 35.2 Å². The normalized spacial score (nSPS) is 18.9. The van der Waals surface area contributed by atoms with Gasteiger partial charge in [0.05, 0.1) is 5.54 Å². The van der Waals surface area contributed by atoms with E-state index in [4.69, 9.17) is 0 Å². The molecule has 0 saturated heterocycles. The summed E-state index contributed by atoms with van der Waals surface area (Å²) in [5.74, 6) is -0.0219. The van der Waals surface area contributed by atoms with Gasteiger partial charge in [0, 0.05) is 18.6 Å². The van der Waals surface area contributed by atoms with Gasteiger partial charge in [-0.15, -0.1) is 0 Å². The first-order valence-electron chi connectivity index (χ1n) is 6.03. The molecule has 0 unspecified atom stereocenters. The number of nitrogens with zero attached hydrogens (tertiary/aromatic N) is 2. The van der Waals surface area contributed by atoms with E-state index in [-0.39, 0.29) is 11.4 Å². The van der Waals surface area contributed by atoms with Gasteiger partial charge in [0.15, 0.2) is 0 Å². The number of halogens is 1. The smallest absolute Gasteiger partial charge is 0.269 e. The van der Waals surface area contributed by atoms with Gasteiger partial charge in [-0.05, 0) is 18.9 Å². The molecule has 1 saturated carbocycles. The Balaban J connectivity index is 2.08. The molecule has 1 heterocycles. The summed E-state index contributed by atoms with van der Waals surface area (Å²) < 4.78 is 1.61. The van der Waals surface area contributed by atoms with Gasteiger partial charge in [-0.3, -0.25) is 9.48 Å². The van der Waals surface area contributed by atoms with Crippen LogP contribution in [0.4, 0.5) is 0 Å². The summed E-state index contributed by atoms with van der Waals surface area (Å²) in [6, 6.07) is 1.75. The predicted molar refractivity (Wildman–Crippen MR) is 70.3 cm³/mol. The number of amides is 1. The molecule has 1 amide bonds. The third kappa shape index (κ3) is 2.70. The molecule has 0 aliphatic heterocycles. The highest BCUT2D eigenvalue weighted by molar-refractivity contribution is 9.09. The topological polar surface area (TPSA) is 46.9 Å². The van der Waals surface area contributed by atoms with Crippen molar-refractivity contribution in [3.63, 3.8) is 0 Å². The van der Waals surface area contributed by atoms with Crippen LogP contribution >= 0.6 is 15.9 Å². The second kappa shape index (κ2) is 5.21. The molecule has 1 aromatic rings. The van der Waals surface area contributed by atoms with Gasteiger partial charge >= 0.3 is 0 Å². The van der Waals surface area contributed by atoms with Crippen LogP contribution in [0.15, 0.2) is 12.3 Å². The highest BCUT2D eigenvalue weighted by Crippen LogP contribution is 2.30. The van der Waals surface area contributed by atoms with Gasteiger partial charge < -0.3 is 5.32 Å². The van der Waals surface area contributed by atoms with Gasteiger partial charge in [-0.2, -0.15) is 5.10 Å². The average molecular weight is 300 g/mol. The Morgan fingerprint density at radius 2 is 2.24 bits per heavy atom. The van der Waals surface area contributed by atoms with Crippen molar-refractivity contribution >= 4 is 21.8 Å². The summed E-state index contributed by atoms with van der Waals surface area (Å²) in [5, 5.41) is 8.03. The molecule has 1 aromatic heterocycles. The molecule has 1 N–H and O–H groups in total. The number of rotatable bonds is 3. The Labute approximate surface area is 110 Å². The number of hydrogen-bond acceptors (Lipinski definition) is 2. The molecule has 4 nitrogen and oxygen atoms in total. The highest BCUT2D eigenvalue weighted by atomic mass is 79.9. The van der Waals surface area contributed by atoms with E-state index in [0.717, 1.165) is 18.2 Å². The second-order valence-electron chi connectivity index (χ2n) is 4.77. The molecule has 0 radical (unpaired) electrons. The third-order valence-electron chi connectivity index (χ3n) is 3.50. The second-order valence-corrected chi connectivity index (χ2v) is 5.33. The van der Waals surface area contributed by atoms with Crippen molar-refractivity contribution in [2.75, 3.05) is 5.33 Å². The van der Waals surface area contributed by atoms with Crippen molar-refractivity contribution in [1.29, 1.82) is 0 Å². The molecular weight excluding hydrogens is 282 g/mol. The Kier molecular flexibility index (Phi) is 3.86. The number of hydrogen-bond donors (Lipinski definition) is 1. The molecule has 1 aliphatic carbocycles. The zero-order valence-electron chi connectivity index (χ0n) is 10.1. The van der Waals surface area contributed by atoms with Crippen LogP contribution in [-0.2, 0) is 7.05 Å². The minimum absolute atomic E-state index is 0.0219. The van der Waals surface area contributed by atoms with Crippen LogP contribution in [0.2, 0.25) is 0 Å². The molecular formula is C12H18BrN3O. The molecule has 5 heteroatoms. The minimum atomic E-state index is -0.0698. The van der Waals surface area contributed by atoms with Crippen LogP contribution in [0, 0.1) is 0 Å². The Bertz CT molecular complexity index is 396. The van der Waals surface area contributed by atoms with Crippen molar-refractivity contribution in [3.05, 3.63) is 18.0 Å². The summed E-state index contributed by atoms with van der Waals surface area (Å²) in [6.45, 7) is 0.